The second-order valence-corrected chi connectivity index (χ2v) is 5.17. The Hall–Kier alpha value is -2.07. The molecule has 0 aliphatic carbocycles. The van der Waals surface area contributed by atoms with Crippen molar-refractivity contribution in [1.29, 1.82) is 5.26 Å². The van der Waals surface area contributed by atoms with E-state index in [0.717, 1.165) is 12.1 Å². The SMILES string of the molecule is Cc1cc(C#N)cc(Nc2cc(C(F)(F)F)ccc2Br)n1. The molecule has 1 aromatic heterocycles. The van der Waals surface area contributed by atoms with Crippen LogP contribution in [0.2, 0.25) is 0 Å². The normalized spacial score (nSPS) is 11.0. The van der Waals surface area contributed by atoms with Crippen LogP contribution in [0.25, 0.3) is 0 Å². The van der Waals surface area contributed by atoms with Crippen molar-refractivity contribution in [2.24, 2.45) is 0 Å². The summed E-state index contributed by atoms with van der Waals surface area (Å²) in [7, 11) is 0. The third kappa shape index (κ3) is 3.73. The van der Waals surface area contributed by atoms with Crippen molar-refractivity contribution in [3.05, 3.63) is 51.6 Å². The van der Waals surface area contributed by atoms with Gasteiger partial charge in [-0.05, 0) is 53.2 Å². The molecular formula is C14H9BrF3N3. The summed E-state index contributed by atoms with van der Waals surface area (Å²) in [4.78, 5) is 4.15. The fourth-order valence-corrected chi connectivity index (χ4v) is 2.08. The van der Waals surface area contributed by atoms with Gasteiger partial charge >= 0.3 is 6.18 Å². The summed E-state index contributed by atoms with van der Waals surface area (Å²) in [6.45, 7) is 1.70. The molecule has 0 unspecified atom stereocenters. The predicted octanol–water partition coefficient (Wildman–Crippen LogP) is 4.79. The molecule has 2 rings (SSSR count). The van der Waals surface area contributed by atoms with Crippen molar-refractivity contribution in [1.82, 2.24) is 4.98 Å². The van der Waals surface area contributed by atoms with Crippen LogP contribution in [-0.4, -0.2) is 4.98 Å². The molecule has 0 saturated heterocycles. The van der Waals surface area contributed by atoms with Gasteiger partial charge in [-0.3, -0.25) is 0 Å². The zero-order chi connectivity index (χ0) is 15.6. The van der Waals surface area contributed by atoms with Crippen LogP contribution in [0.3, 0.4) is 0 Å². The van der Waals surface area contributed by atoms with Crippen LogP contribution < -0.4 is 5.32 Å². The first kappa shape index (κ1) is 15.3. The number of aryl methyl sites for hydroxylation is 1. The minimum Gasteiger partial charge on any atom is -0.339 e. The van der Waals surface area contributed by atoms with Gasteiger partial charge in [0.15, 0.2) is 0 Å². The van der Waals surface area contributed by atoms with E-state index in [1.54, 1.807) is 13.0 Å². The maximum absolute atomic E-state index is 12.7. The van der Waals surface area contributed by atoms with Crippen molar-refractivity contribution in [3.63, 3.8) is 0 Å². The van der Waals surface area contributed by atoms with Gasteiger partial charge in [-0.25, -0.2) is 4.98 Å². The van der Waals surface area contributed by atoms with Gasteiger partial charge in [0, 0.05) is 10.2 Å². The Balaban J connectivity index is 2.40. The lowest BCUT2D eigenvalue weighted by Crippen LogP contribution is -2.06. The predicted molar refractivity (Wildman–Crippen MR) is 76.1 cm³/mol. The van der Waals surface area contributed by atoms with Crippen LogP contribution >= 0.6 is 15.9 Å². The second kappa shape index (κ2) is 5.74. The van der Waals surface area contributed by atoms with Gasteiger partial charge in [0.05, 0.1) is 22.9 Å². The van der Waals surface area contributed by atoms with Crippen LogP contribution in [0, 0.1) is 18.3 Å². The highest BCUT2D eigenvalue weighted by atomic mass is 79.9. The van der Waals surface area contributed by atoms with Crippen LogP contribution in [0.1, 0.15) is 16.8 Å². The number of pyridine rings is 1. The Labute approximate surface area is 127 Å². The first-order valence-electron chi connectivity index (χ1n) is 5.82. The Morgan fingerprint density at radius 3 is 2.57 bits per heavy atom. The highest BCUT2D eigenvalue weighted by molar-refractivity contribution is 9.10. The molecule has 3 nitrogen and oxygen atoms in total. The number of alkyl halides is 3. The summed E-state index contributed by atoms with van der Waals surface area (Å²) >= 11 is 3.19. The number of aromatic nitrogens is 1. The van der Waals surface area contributed by atoms with Crippen LogP contribution in [0.5, 0.6) is 0 Å². The van der Waals surface area contributed by atoms with Crippen LogP contribution in [0.15, 0.2) is 34.8 Å². The van der Waals surface area contributed by atoms with Crippen molar-refractivity contribution in [2.45, 2.75) is 13.1 Å². The first-order valence-corrected chi connectivity index (χ1v) is 6.61. The molecule has 21 heavy (non-hydrogen) atoms. The van der Waals surface area contributed by atoms with E-state index >= 15 is 0 Å². The number of hydrogen-bond donors (Lipinski definition) is 1. The lowest BCUT2D eigenvalue weighted by Gasteiger charge is -2.12. The van der Waals surface area contributed by atoms with E-state index in [2.05, 4.69) is 26.2 Å². The van der Waals surface area contributed by atoms with Gasteiger partial charge in [-0.15, -0.1) is 0 Å². The molecule has 1 heterocycles. The zero-order valence-corrected chi connectivity index (χ0v) is 12.4. The number of benzene rings is 1. The van der Waals surface area contributed by atoms with Gasteiger partial charge in [0.25, 0.3) is 0 Å². The molecule has 0 amide bonds. The minimum atomic E-state index is -4.42. The fourth-order valence-electron chi connectivity index (χ4n) is 1.73. The third-order valence-electron chi connectivity index (χ3n) is 2.64. The summed E-state index contributed by atoms with van der Waals surface area (Å²) in [6.07, 6.45) is -4.42. The van der Waals surface area contributed by atoms with E-state index in [1.165, 1.54) is 12.1 Å². The largest absolute Gasteiger partial charge is 0.416 e. The van der Waals surface area contributed by atoms with E-state index in [4.69, 9.17) is 5.26 Å². The van der Waals surface area contributed by atoms with Gasteiger partial charge in [0.2, 0.25) is 0 Å². The van der Waals surface area contributed by atoms with Gasteiger partial charge in [-0.2, -0.15) is 18.4 Å². The monoisotopic (exact) mass is 355 g/mol. The maximum Gasteiger partial charge on any atom is 0.416 e. The number of nitrogens with one attached hydrogen (secondary N) is 1. The van der Waals surface area contributed by atoms with Crippen LogP contribution in [-0.2, 0) is 6.18 Å². The number of anilines is 2. The molecule has 7 heteroatoms. The summed E-state index contributed by atoms with van der Waals surface area (Å²) in [6, 6.07) is 8.32. The van der Waals surface area contributed by atoms with Crippen molar-refractivity contribution in [3.8, 4) is 6.07 Å². The lowest BCUT2D eigenvalue weighted by atomic mass is 10.2. The zero-order valence-electron chi connectivity index (χ0n) is 10.8. The number of hydrogen-bond acceptors (Lipinski definition) is 3. The van der Waals surface area contributed by atoms with E-state index in [9.17, 15) is 13.2 Å². The Morgan fingerprint density at radius 2 is 1.95 bits per heavy atom. The minimum absolute atomic E-state index is 0.229. The molecule has 2 aromatic rings. The lowest BCUT2D eigenvalue weighted by molar-refractivity contribution is -0.137. The molecular weight excluding hydrogens is 347 g/mol. The molecule has 0 aliphatic heterocycles. The maximum atomic E-state index is 12.7. The number of nitriles is 1. The Bertz CT molecular complexity index is 720. The number of rotatable bonds is 2. The molecule has 0 atom stereocenters. The average molecular weight is 356 g/mol. The fraction of sp³-hybridized carbons (Fsp3) is 0.143. The molecule has 108 valence electrons. The Kier molecular flexibility index (Phi) is 4.19. The summed E-state index contributed by atoms with van der Waals surface area (Å²) in [5, 5.41) is 11.7. The second-order valence-electron chi connectivity index (χ2n) is 4.31. The molecule has 0 spiro atoms. The quantitative estimate of drug-likeness (QED) is 0.842. The topological polar surface area (TPSA) is 48.7 Å². The van der Waals surface area contributed by atoms with Gasteiger partial charge in [-0.1, -0.05) is 0 Å². The van der Waals surface area contributed by atoms with Gasteiger partial charge < -0.3 is 5.32 Å². The van der Waals surface area contributed by atoms with E-state index in [-0.39, 0.29) is 5.69 Å². The van der Waals surface area contributed by atoms with E-state index < -0.39 is 11.7 Å². The highest BCUT2D eigenvalue weighted by Crippen LogP contribution is 2.34. The molecule has 1 aromatic carbocycles. The van der Waals surface area contributed by atoms with Crippen molar-refractivity contribution in [2.75, 3.05) is 5.32 Å². The average Bonchev–Trinajstić information content (AvgIpc) is 2.39. The van der Waals surface area contributed by atoms with E-state index in [0.29, 0.717) is 21.5 Å². The smallest absolute Gasteiger partial charge is 0.339 e. The molecule has 0 aliphatic rings. The molecule has 0 fully saturated rings. The molecule has 0 saturated carbocycles. The summed E-state index contributed by atoms with van der Waals surface area (Å²) in [5.41, 5.74) is 0.445. The molecule has 0 bridgehead atoms. The third-order valence-corrected chi connectivity index (χ3v) is 3.33. The first-order chi connectivity index (χ1) is 9.79. The molecule has 0 radical (unpaired) electrons. The van der Waals surface area contributed by atoms with Crippen LogP contribution in [0.4, 0.5) is 24.7 Å². The van der Waals surface area contributed by atoms with E-state index in [1.807, 2.05) is 6.07 Å². The summed E-state index contributed by atoms with van der Waals surface area (Å²) < 4.78 is 38.6. The molecule has 1 N–H and O–H groups in total. The Morgan fingerprint density at radius 1 is 1.24 bits per heavy atom. The number of halogens is 4. The van der Waals surface area contributed by atoms with Crippen molar-refractivity contribution >= 4 is 27.4 Å². The highest BCUT2D eigenvalue weighted by Gasteiger charge is 2.30. The standard InChI is InChI=1S/C14H9BrF3N3/c1-8-4-9(7-19)5-13(20-8)21-12-6-10(14(16,17)18)2-3-11(12)15/h2-6H,1H3,(H,20,21). The number of nitrogens with zero attached hydrogens (tertiary/aromatic N) is 2. The summed E-state index contributed by atoms with van der Waals surface area (Å²) in [5.74, 6) is 0.312. The van der Waals surface area contributed by atoms with Crippen molar-refractivity contribution < 1.29 is 13.2 Å². The van der Waals surface area contributed by atoms with Gasteiger partial charge in [0.1, 0.15) is 5.82 Å².